The summed E-state index contributed by atoms with van der Waals surface area (Å²) in [5.74, 6) is 0.0388. The van der Waals surface area contributed by atoms with Crippen molar-refractivity contribution in [3.05, 3.63) is 59.1 Å². The van der Waals surface area contributed by atoms with Crippen molar-refractivity contribution in [2.24, 2.45) is 4.99 Å². The van der Waals surface area contributed by atoms with Crippen molar-refractivity contribution >= 4 is 46.0 Å². The molecule has 1 fully saturated rings. The van der Waals surface area contributed by atoms with Gasteiger partial charge in [0.25, 0.3) is 0 Å². The molecule has 0 radical (unpaired) electrons. The van der Waals surface area contributed by atoms with Crippen LogP contribution >= 0.6 is 23.4 Å². The first kappa shape index (κ1) is 20.2. The summed E-state index contributed by atoms with van der Waals surface area (Å²) in [6.45, 7) is 1.96. The van der Waals surface area contributed by atoms with Crippen LogP contribution in [0.5, 0.6) is 5.75 Å². The molecule has 1 heterocycles. The maximum atomic E-state index is 12.3. The Bertz CT molecular complexity index is 905. The molecule has 28 heavy (non-hydrogen) atoms. The lowest BCUT2D eigenvalue weighted by Crippen LogP contribution is -2.28. The quantitative estimate of drug-likeness (QED) is 0.743. The summed E-state index contributed by atoms with van der Waals surface area (Å²) < 4.78 is 5.09. The number of carbonyl (C=O) groups excluding carboxylic acids is 2. The Morgan fingerprint density at radius 1 is 1.32 bits per heavy atom. The average Bonchev–Trinajstić information content (AvgIpc) is 3.01. The topological polar surface area (TPSA) is 79.8 Å². The summed E-state index contributed by atoms with van der Waals surface area (Å²) in [7, 11) is 1.52. The van der Waals surface area contributed by atoms with E-state index in [-0.39, 0.29) is 24.3 Å². The van der Waals surface area contributed by atoms with Crippen molar-refractivity contribution in [3.8, 4) is 5.75 Å². The molecular formula is C20H20ClN3O3S. The number of thioether (sulfide) groups is 1. The predicted molar refractivity (Wildman–Crippen MR) is 113 cm³/mol. The number of halogens is 1. The largest absolute Gasteiger partial charge is 0.495 e. The van der Waals surface area contributed by atoms with Crippen LogP contribution in [-0.4, -0.2) is 29.3 Å². The van der Waals surface area contributed by atoms with Gasteiger partial charge in [-0.1, -0.05) is 53.7 Å². The number of carbonyl (C=O) groups is 2. The lowest BCUT2D eigenvalue weighted by molar-refractivity contribution is -0.122. The molecule has 0 saturated carbocycles. The van der Waals surface area contributed by atoms with Gasteiger partial charge in [-0.3, -0.25) is 14.6 Å². The van der Waals surface area contributed by atoms with Gasteiger partial charge in [0.15, 0.2) is 5.17 Å². The molecule has 1 aliphatic heterocycles. The SMILES string of the molecule is COc1ccc(NC(=O)C[C@H]2SC(=N[C@@H](C)c3ccccc3)NC2=O)cc1Cl. The number of rotatable bonds is 6. The fraction of sp³-hybridized carbons (Fsp3) is 0.250. The molecule has 146 valence electrons. The molecular weight excluding hydrogens is 398 g/mol. The van der Waals surface area contributed by atoms with Crippen LogP contribution in [0.3, 0.4) is 0 Å². The molecule has 0 bridgehead atoms. The second-order valence-corrected chi connectivity index (χ2v) is 7.82. The highest BCUT2D eigenvalue weighted by atomic mass is 35.5. The molecule has 0 unspecified atom stereocenters. The molecule has 2 N–H and O–H groups in total. The van der Waals surface area contributed by atoms with Crippen molar-refractivity contribution in [1.82, 2.24) is 5.32 Å². The van der Waals surface area contributed by atoms with Crippen LogP contribution in [0.15, 0.2) is 53.5 Å². The van der Waals surface area contributed by atoms with Crippen LogP contribution in [-0.2, 0) is 9.59 Å². The molecule has 0 spiro atoms. The molecule has 3 rings (SSSR count). The Morgan fingerprint density at radius 3 is 2.75 bits per heavy atom. The molecule has 2 amide bonds. The Kier molecular flexibility index (Phi) is 6.59. The van der Waals surface area contributed by atoms with E-state index in [0.717, 1.165) is 5.56 Å². The van der Waals surface area contributed by atoms with Gasteiger partial charge in [-0.25, -0.2) is 0 Å². The highest BCUT2D eigenvalue weighted by Gasteiger charge is 2.32. The van der Waals surface area contributed by atoms with Gasteiger partial charge in [0.05, 0.1) is 18.2 Å². The Balaban J connectivity index is 1.59. The highest BCUT2D eigenvalue weighted by molar-refractivity contribution is 8.15. The van der Waals surface area contributed by atoms with E-state index < -0.39 is 5.25 Å². The zero-order valence-corrected chi connectivity index (χ0v) is 17.0. The lowest BCUT2D eigenvalue weighted by Gasteiger charge is -2.09. The predicted octanol–water partition coefficient (Wildman–Crippen LogP) is 4.03. The zero-order valence-electron chi connectivity index (χ0n) is 15.4. The van der Waals surface area contributed by atoms with E-state index in [1.165, 1.54) is 18.9 Å². The van der Waals surface area contributed by atoms with Gasteiger partial charge in [-0.15, -0.1) is 0 Å². The Morgan fingerprint density at radius 2 is 2.07 bits per heavy atom. The van der Waals surface area contributed by atoms with Crippen LogP contribution < -0.4 is 15.4 Å². The van der Waals surface area contributed by atoms with Crippen molar-refractivity contribution in [3.63, 3.8) is 0 Å². The van der Waals surface area contributed by atoms with Crippen molar-refractivity contribution < 1.29 is 14.3 Å². The molecule has 2 aromatic rings. The average molecular weight is 418 g/mol. The van der Waals surface area contributed by atoms with Gasteiger partial charge in [0.1, 0.15) is 11.0 Å². The highest BCUT2D eigenvalue weighted by Crippen LogP contribution is 2.29. The number of hydrogen-bond acceptors (Lipinski definition) is 5. The minimum Gasteiger partial charge on any atom is -0.495 e. The molecule has 2 aromatic carbocycles. The second-order valence-electron chi connectivity index (χ2n) is 6.22. The summed E-state index contributed by atoms with van der Waals surface area (Å²) in [5, 5.41) is 5.92. The molecule has 8 heteroatoms. The van der Waals surface area contributed by atoms with Crippen molar-refractivity contribution in [2.45, 2.75) is 24.6 Å². The molecule has 6 nitrogen and oxygen atoms in total. The normalized spacial score (nSPS) is 18.6. The number of benzene rings is 2. The van der Waals surface area contributed by atoms with E-state index >= 15 is 0 Å². The van der Waals surface area contributed by atoms with Crippen LogP contribution in [0, 0.1) is 0 Å². The van der Waals surface area contributed by atoms with Gasteiger partial charge >= 0.3 is 0 Å². The van der Waals surface area contributed by atoms with Crippen molar-refractivity contribution in [2.75, 3.05) is 12.4 Å². The summed E-state index contributed by atoms with van der Waals surface area (Å²) in [5.41, 5.74) is 1.60. The van der Waals surface area contributed by atoms with E-state index in [1.54, 1.807) is 18.2 Å². The second kappa shape index (κ2) is 9.12. The molecule has 1 saturated heterocycles. The number of nitrogens with one attached hydrogen (secondary N) is 2. The molecule has 0 aliphatic carbocycles. The standard InChI is InChI=1S/C20H20ClN3O3S/c1-12(13-6-4-3-5-7-13)22-20-24-19(26)17(28-20)11-18(25)23-14-8-9-16(27-2)15(21)10-14/h3-10,12,17H,11H2,1-2H3,(H,23,25)(H,22,24,26)/t12-,17+/m0/s1. The monoisotopic (exact) mass is 417 g/mol. The number of aliphatic imine (C=N–C) groups is 1. The van der Waals surface area contributed by atoms with Gasteiger partial charge in [-0.2, -0.15) is 0 Å². The number of nitrogens with zero attached hydrogens (tertiary/aromatic N) is 1. The minimum atomic E-state index is -0.518. The van der Waals surface area contributed by atoms with E-state index in [0.29, 0.717) is 21.6 Å². The van der Waals surface area contributed by atoms with Gasteiger partial charge in [-0.05, 0) is 30.7 Å². The number of amidine groups is 1. The molecule has 2 atom stereocenters. The number of methoxy groups -OCH3 is 1. The third-order valence-corrected chi connectivity index (χ3v) is 5.57. The van der Waals surface area contributed by atoms with E-state index in [2.05, 4.69) is 15.6 Å². The Labute approximate surface area is 172 Å². The van der Waals surface area contributed by atoms with E-state index in [1.807, 2.05) is 37.3 Å². The lowest BCUT2D eigenvalue weighted by atomic mass is 10.1. The third-order valence-electron chi connectivity index (χ3n) is 4.18. The molecule has 1 aliphatic rings. The smallest absolute Gasteiger partial charge is 0.240 e. The first-order chi connectivity index (χ1) is 13.5. The first-order valence-corrected chi connectivity index (χ1v) is 9.95. The minimum absolute atomic E-state index is 0.0406. The maximum absolute atomic E-state index is 12.3. The number of anilines is 1. The van der Waals surface area contributed by atoms with Crippen LogP contribution in [0.1, 0.15) is 24.9 Å². The van der Waals surface area contributed by atoms with Crippen molar-refractivity contribution in [1.29, 1.82) is 0 Å². The zero-order chi connectivity index (χ0) is 20.1. The number of amides is 2. The van der Waals surface area contributed by atoms with Gasteiger partial charge in [0, 0.05) is 12.1 Å². The number of ether oxygens (including phenoxy) is 1. The summed E-state index contributed by atoms with van der Waals surface area (Å²) >= 11 is 7.34. The molecule has 0 aromatic heterocycles. The summed E-state index contributed by atoms with van der Waals surface area (Å²) in [6, 6.07) is 14.7. The van der Waals surface area contributed by atoms with Gasteiger partial charge in [0.2, 0.25) is 11.8 Å². The summed E-state index contributed by atoms with van der Waals surface area (Å²) in [6.07, 6.45) is 0.0406. The fourth-order valence-corrected chi connectivity index (χ4v) is 4.01. The maximum Gasteiger partial charge on any atom is 0.240 e. The third kappa shape index (κ3) is 5.05. The van der Waals surface area contributed by atoms with Gasteiger partial charge < -0.3 is 15.4 Å². The van der Waals surface area contributed by atoms with Crippen LogP contribution in [0.2, 0.25) is 5.02 Å². The van der Waals surface area contributed by atoms with Crippen LogP contribution in [0.4, 0.5) is 5.69 Å². The van der Waals surface area contributed by atoms with E-state index in [4.69, 9.17) is 16.3 Å². The van der Waals surface area contributed by atoms with Crippen LogP contribution in [0.25, 0.3) is 0 Å². The van der Waals surface area contributed by atoms with E-state index in [9.17, 15) is 9.59 Å². The Hall–Kier alpha value is -2.51. The first-order valence-electron chi connectivity index (χ1n) is 8.70. The fourth-order valence-electron chi connectivity index (χ4n) is 2.71. The summed E-state index contributed by atoms with van der Waals surface area (Å²) in [4.78, 5) is 29.1. The number of hydrogen-bond donors (Lipinski definition) is 2.